The maximum Gasteiger partial charge on any atom is 0.306 e. The van der Waals surface area contributed by atoms with Gasteiger partial charge in [-0.05, 0) is 55.9 Å². The smallest absolute Gasteiger partial charge is 0.306 e. The molecule has 0 aromatic heterocycles. The van der Waals surface area contributed by atoms with Crippen LogP contribution in [0.3, 0.4) is 0 Å². The first-order chi connectivity index (χ1) is 9.16. The van der Waals surface area contributed by atoms with Crippen LogP contribution in [0.1, 0.15) is 44.6 Å². The van der Waals surface area contributed by atoms with E-state index in [1.54, 1.807) is 0 Å². The molecule has 104 valence electrons. The van der Waals surface area contributed by atoms with E-state index in [-0.39, 0.29) is 5.92 Å². The van der Waals surface area contributed by atoms with E-state index >= 15 is 0 Å². The van der Waals surface area contributed by atoms with Crippen LogP contribution in [0, 0.1) is 17.8 Å². The second-order valence-corrected chi connectivity index (χ2v) is 6.00. The van der Waals surface area contributed by atoms with Crippen LogP contribution >= 0.6 is 0 Å². The number of rotatable bonds is 5. The van der Waals surface area contributed by atoms with Crippen molar-refractivity contribution >= 4 is 5.97 Å². The predicted molar refractivity (Wildman–Crippen MR) is 77.0 cm³/mol. The number of aliphatic carboxylic acids is 1. The third kappa shape index (κ3) is 4.09. The first kappa shape index (κ1) is 14.1. The SMILES string of the molecule is CC1CCC(C(=O)O)C(CCCc2ccccc2)C1. The van der Waals surface area contributed by atoms with E-state index in [4.69, 9.17) is 0 Å². The van der Waals surface area contributed by atoms with Crippen molar-refractivity contribution in [2.24, 2.45) is 17.8 Å². The van der Waals surface area contributed by atoms with Gasteiger partial charge in [0.05, 0.1) is 5.92 Å². The molecule has 3 atom stereocenters. The molecule has 2 heteroatoms. The highest BCUT2D eigenvalue weighted by Crippen LogP contribution is 2.36. The average molecular weight is 260 g/mol. The van der Waals surface area contributed by atoms with Crippen molar-refractivity contribution in [3.8, 4) is 0 Å². The summed E-state index contributed by atoms with van der Waals surface area (Å²) in [5.74, 6) is 0.380. The summed E-state index contributed by atoms with van der Waals surface area (Å²) in [4.78, 5) is 11.3. The van der Waals surface area contributed by atoms with Gasteiger partial charge in [0, 0.05) is 0 Å². The summed E-state index contributed by atoms with van der Waals surface area (Å²) in [6, 6.07) is 10.5. The number of carbonyl (C=O) groups is 1. The molecule has 0 heterocycles. The Balaban J connectivity index is 1.84. The molecule has 3 unspecified atom stereocenters. The van der Waals surface area contributed by atoms with Gasteiger partial charge in [0.1, 0.15) is 0 Å². The van der Waals surface area contributed by atoms with Crippen molar-refractivity contribution in [2.45, 2.75) is 45.4 Å². The Morgan fingerprint density at radius 1 is 1.26 bits per heavy atom. The maximum absolute atomic E-state index is 11.3. The third-order valence-electron chi connectivity index (χ3n) is 4.45. The lowest BCUT2D eigenvalue weighted by atomic mass is 9.72. The van der Waals surface area contributed by atoms with Crippen LogP contribution in [0.4, 0.5) is 0 Å². The normalized spacial score (nSPS) is 27.1. The quantitative estimate of drug-likeness (QED) is 0.863. The van der Waals surface area contributed by atoms with Crippen molar-refractivity contribution < 1.29 is 9.90 Å². The van der Waals surface area contributed by atoms with E-state index in [0.717, 1.165) is 38.5 Å². The van der Waals surface area contributed by atoms with E-state index in [9.17, 15) is 9.90 Å². The van der Waals surface area contributed by atoms with E-state index < -0.39 is 5.97 Å². The molecule has 0 bridgehead atoms. The predicted octanol–water partition coefficient (Wildman–Crippen LogP) is 4.15. The first-order valence-corrected chi connectivity index (χ1v) is 7.43. The summed E-state index contributed by atoms with van der Waals surface area (Å²) < 4.78 is 0. The largest absolute Gasteiger partial charge is 0.481 e. The monoisotopic (exact) mass is 260 g/mol. The Kier molecular flexibility index (Phi) is 5.00. The van der Waals surface area contributed by atoms with Gasteiger partial charge < -0.3 is 5.11 Å². The Morgan fingerprint density at radius 3 is 2.68 bits per heavy atom. The zero-order valence-corrected chi connectivity index (χ0v) is 11.7. The van der Waals surface area contributed by atoms with Crippen LogP contribution in [-0.4, -0.2) is 11.1 Å². The molecule has 2 rings (SSSR count). The highest BCUT2D eigenvalue weighted by atomic mass is 16.4. The van der Waals surface area contributed by atoms with E-state index in [1.807, 2.05) is 6.07 Å². The van der Waals surface area contributed by atoms with Crippen molar-refractivity contribution in [1.29, 1.82) is 0 Å². The van der Waals surface area contributed by atoms with Crippen LogP contribution in [0.25, 0.3) is 0 Å². The van der Waals surface area contributed by atoms with Gasteiger partial charge in [-0.1, -0.05) is 37.3 Å². The van der Waals surface area contributed by atoms with E-state index in [2.05, 4.69) is 31.2 Å². The van der Waals surface area contributed by atoms with Crippen molar-refractivity contribution in [3.63, 3.8) is 0 Å². The number of carboxylic acids is 1. The Bertz CT molecular complexity index is 399. The fraction of sp³-hybridized carbons (Fsp3) is 0.588. The summed E-state index contributed by atoms with van der Waals surface area (Å²) in [5, 5.41) is 9.31. The molecule has 1 fully saturated rings. The molecule has 1 aromatic rings. The summed E-state index contributed by atoms with van der Waals surface area (Å²) in [5.41, 5.74) is 1.36. The van der Waals surface area contributed by atoms with Crippen molar-refractivity contribution in [2.75, 3.05) is 0 Å². The number of carboxylic acid groups (broad SMARTS) is 1. The molecule has 1 saturated carbocycles. The minimum atomic E-state index is -0.586. The number of hydrogen-bond acceptors (Lipinski definition) is 1. The van der Waals surface area contributed by atoms with Gasteiger partial charge in [-0.15, -0.1) is 0 Å². The summed E-state index contributed by atoms with van der Waals surface area (Å²) in [6.07, 6.45) is 6.25. The zero-order chi connectivity index (χ0) is 13.7. The summed E-state index contributed by atoms with van der Waals surface area (Å²) in [6.45, 7) is 2.25. The average Bonchev–Trinajstić information content (AvgIpc) is 2.39. The molecule has 1 N–H and O–H groups in total. The molecule has 1 aliphatic rings. The lowest BCUT2D eigenvalue weighted by Gasteiger charge is -2.32. The summed E-state index contributed by atoms with van der Waals surface area (Å²) >= 11 is 0. The minimum Gasteiger partial charge on any atom is -0.481 e. The minimum absolute atomic E-state index is 0.105. The second kappa shape index (κ2) is 6.74. The molecule has 2 nitrogen and oxygen atoms in total. The first-order valence-electron chi connectivity index (χ1n) is 7.43. The number of benzene rings is 1. The standard InChI is InChI=1S/C17H24O2/c1-13-10-11-16(17(18)19)15(12-13)9-5-8-14-6-3-2-4-7-14/h2-4,6-7,13,15-16H,5,8-12H2,1H3,(H,18,19). The third-order valence-corrected chi connectivity index (χ3v) is 4.45. The highest BCUT2D eigenvalue weighted by Gasteiger charge is 2.32. The maximum atomic E-state index is 11.3. The fourth-order valence-corrected chi connectivity index (χ4v) is 3.36. The fourth-order valence-electron chi connectivity index (χ4n) is 3.36. The molecule has 1 aliphatic carbocycles. The Labute approximate surface area is 115 Å². The molecule has 0 radical (unpaired) electrons. The topological polar surface area (TPSA) is 37.3 Å². The van der Waals surface area contributed by atoms with E-state index in [1.165, 1.54) is 5.56 Å². The molecule has 1 aromatic carbocycles. The van der Waals surface area contributed by atoms with Gasteiger partial charge in [-0.2, -0.15) is 0 Å². The lowest BCUT2D eigenvalue weighted by molar-refractivity contribution is -0.145. The van der Waals surface area contributed by atoms with Gasteiger partial charge >= 0.3 is 5.97 Å². The molecule has 0 amide bonds. The van der Waals surface area contributed by atoms with Gasteiger partial charge in [0.2, 0.25) is 0 Å². The molecule has 0 saturated heterocycles. The molecular formula is C17H24O2. The lowest BCUT2D eigenvalue weighted by Crippen LogP contribution is -2.30. The Hall–Kier alpha value is -1.31. The van der Waals surface area contributed by atoms with E-state index in [0.29, 0.717) is 11.8 Å². The molecular weight excluding hydrogens is 236 g/mol. The Morgan fingerprint density at radius 2 is 2.00 bits per heavy atom. The van der Waals surface area contributed by atoms with Crippen LogP contribution in [0.15, 0.2) is 30.3 Å². The van der Waals surface area contributed by atoms with Crippen molar-refractivity contribution in [3.05, 3.63) is 35.9 Å². The van der Waals surface area contributed by atoms with Gasteiger partial charge in [0.25, 0.3) is 0 Å². The molecule has 0 spiro atoms. The molecule has 0 aliphatic heterocycles. The van der Waals surface area contributed by atoms with Gasteiger partial charge in [-0.25, -0.2) is 0 Å². The van der Waals surface area contributed by atoms with Crippen molar-refractivity contribution in [1.82, 2.24) is 0 Å². The van der Waals surface area contributed by atoms with Gasteiger partial charge in [-0.3, -0.25) is 4.79 Å². The second-order valence-electron chi connectivity index (χ2n) is 6.00. The van der Waals surface area contributed by atoms with Crippen LogP contribution in [-0.2, 0) is 11.2 Å². The summed E-state index contributed by atoms with van der Waals surface area (Å²) in [7, 11) is 0. The molecule has 19 heavy (non-hydrogen) atoms. The zero-order valence-electron chi connectivity index (χ0n) is 11.7. The van der Waals surface area contributed by atoms with Crippen LogP contribution in [0.5, 0.6) is 0 Å². The van der Waals surface area contributed by atoms with Crippen LogP contribution < -0.4 is 0 Å². The number of hydrogen-bond donors (Lipinski definition) is 1. The number of aryl methyl sites for hydroxylation is 1. The van der Waals surface area contributed by atoms with Gasteiger partial charge in [0.15, 0.2) is 0 Å². The van der Waals surface area contributed by atoms with Crippen LogP contribution in [0.2, 0.25) is 0 Å². The highest BCUT2D eigenvalue weighted by molar-refractivity contribution is 5.70.